The molecule has 2 aromatic heterocycles. The normalized spacial score (nSPS) is 17.2. The van der Waals surface area contributed by atoms with Crippen molar-refractivity contribution in [3.63, 3.8) is 0 Å². The molecule has 22 heavy (non-hydrogen) atoms. The van der Waals surface area contributed by atoms with Crippen molar-refractivity contribution in [1.82, 2.24) is 9.88 Å². The van der Waals surface area contributed by atoms with Gasteiger partial charge in [-0.1, -0.05) is 17.4 Å². The molecule has 2 aromatic rings. The van der Waals surface area contributed by atoms with E-state index < -0.39 is 0 Å². The number of carbonyl (C=O) groups is 2. The van der Waals surface area contributed by atoms with Crippen LogP contribution in [0.3, 0.4) is 0 Å². The Bertz CT molecular complexity index is 719. The monoisotopic (exact) mass is 333 g/mol. The van der Waals surface area contributed by atoms with E-state index in [2.05, 4.69) is 10.3 Å². The molecule has 1 aliphatic carbocycles. The summed E-state index contributed by atoms with van der Waals surface area (Å²) in [6, 6.07) is 3.75. The zero-order valence-corrected chi connectivity index (χ0v) is 13.5. The summed E-state index contributed by atoms with van der Waals surface area (Å²) in [5.74, 6) is 0.341. The molecule has 1 saturated carbocycles. The lowest BCUT2D eigenvalue weighted by atomic mass is 10.2. The van der Waals surface area contributed by atoms with Gasteiger partial charge in [0.2, 0.25) is 5.91 Å². The number of rotatable bonds is 3. The first-order valence-electron chi connectivity index (χ1n) is 7.33. The van der Waals surface area contributed by atoms with Crippen LogP contribution in [0, 0.1) is 5.92 Å². The number of thiophene rings is 1. The van der Waals surface area contributed by atoms with Crippen LogP contribution in [0.25, 0.3) is 0 Å². The molecule has 1 N–H and O–H groups in total. The molecule has 5 nitrogen and oxygen atoms in total. The molecule has 0 spiro atoms. The molecule has 0 atom stereocenters. The Balaban J connectivity index is 1.47. The Morgan fingerprint density at radius 3 is 2.95 bits per heavy atom. The van der Waals surface area contributed by atoms with Crippen molar-refractivity contribution in [3.8, 4) is 0 Å². The van der Waals surface area contributed by atoms with E-state index in [1.165, 1.54) is 22.7 Å². The molecule has 3 heterocycles. The topological polar surface area (TPSA) is 62.3 Å². The Hall–Kier alpha value is -1.73. The summed E-state index contributed by atoms with van der Waals surface area (Å²) in [5.41, 5.74) is 1.02. The molecule has 0 bridgehead atoms. The number of anilines is 1. The highest BCUT2D eigenvalue weighted by Crippen LogP contribution is 2.33. The Labute approximate surface area is 136 Å². The number of amides is 2. The van der Waals surface area contributed by atoms with E-state index in [9.17, 15) is 9.59 Å². The van der Waals surface area contributed by atoms with Crippen LogP contribution >= 0.6 is 22.7 Å². The average Bonchev–Trinajstić information content (AvgIpc) is 3.08. The van der Waals surface area contributed by atoms with Crippen molar-refractivity contribution in [3.05, 3.63) is 33.0 Å². The third-order valence-electron chi connectivity index (χ3n) is 3.93. The maximum absolute atomic E-state index is 12.4. The zero-order valence-electron chi connectivity index (χ0n) is 11.9. The van der Waals surface area contributed by atoms with Gasteiger partial charge in [0.1, 0.15) is 0 Å². The van der Waals surface area contributed by atoms with Gasteiger partial charge in [-0.25, -0.2) is 4.98 Å². The van der Waals surface area contributed by atoms with Crippen LogP contribution in [-0.4, -0.2) is 28.2 Å². The van der Waals surface area contributed by atoms with Gasteiger partial charge in [0.15, 0.2) is 5.13 Å². The largest absolute Gasteiger partial charge is 0.332 e. The summed E-state index contributed by atoms with van der Waals surface area (Å²) in [7, 11) is 0. The molecule has 0 saturated heterocycles. The van der Waals surface area contributed by atoms with Crippen molar-refractivity contribution in [2.24, 2.45) is 5.92 Å². The van der Waals surface area contributed by atoms with E-state index >= 15 is 0 Å². The van der Waals surface area contributed by atoms with E-state index in [1.807, 2.05) is 22.4 Å². The van der Waals surface area contributed by atoms with Gasteiger partial charge in [0, 0.05) is 23.8 Å². The Morgan fingerprint density at radius 2 is 2.23 bits per heavy atom. The summed E-state index contributed by atoms with van der Waals surface area (Å²) in [5, 5.41) is 5.49. The van der Waals surface area contributed by atoms with Gasteiger partial charge in [0.25, 0.3) is 5.91 Å². The predicted molar refractivity (Wildman–Crippen MR) is 86.2 cm³/mol. The van der Waals surface area contributed by atoms with Gasteiger partial charge in [-0.15, -0.1) is 11.3 Å². The van der Waals surface area contributed by atoms with Crippen LogP contribution in [0.2, 0.25) is 0 Å². The molecule has 0 aromatic carbocycles. The quantitative estimate of drug-likeness (QED) is 0.939. The minimum atomic E-state index is 0.0811. The van der Waals surface area contributed by atoms with Crippen molar-refractivity contribution in [1.29, 1.82) is 0 Å². The van der Waals surface area contributed by atoms with Crippen molar-refractivity contribution < 1.29 is 9.59 Å². The third kappa shape index (κ3) is 2.66. The van der Waals surface area contributed by atoms with Gasteiger partial charge in [-0.2, -0.15) is 0 Å². The van der Waals surface area contributed by atoms with Crippen LogP contribution in [-0.2, 0) is 17.8 Å². The minimum absolute atomic E-state index is 0.0811. The number of fused-ring (bicyclic) bond motifs is 1. The lowest BCUT2D eigenvalue weighted by Gasteiger charge is -2.25. The lowest BCUT2D eigenvalue weighted by Crippen LogP contribution is -2.35. The standard InChI is InChI=1S/C15H15N3O2S2/c19-13(9-3-4-9)17-15-16-10-5-6-18(8-12(10)22-15)14(20)11-2-1-7-21-11/h1-2,7,9H,3-6,8H2,(H,16,17,19). The SMILES string of the molecule is O=C(Nc1nc2c(s1)CN(C(=O)c1cccs1)CC2)C1CC1. The molecule has 1 fully saturated rings. The highest BCUT2D eigenvalue weighted by atomic mass is 32.1. The van der Waals surface area contributed by atoms with Crippen molar-refractivity contribution >= 4 is 39.6 Å². The van der Waals surface area contributed by atoms with Crippen LogP contribution < -0.4 is 5.32 Å². The first-order valence-corrected chi connectivity index (χ1v) is 9.02. The molecule has 4 rings (SSSR count). The van der Waals surface area contributed by atoms with Crippen molar-refractivity contribution in [2.75, 3.05) is 11.9 Å². The van der Waals surface area contributed by atoms with Gasteiger partial charge < -0.3 is 10.2 Å². The van der Waals surface area contributed by atoms with E-state index in [4.69, 9.17) is 0 Å². The number of hydrogen-bond donors (Lipinski definition) is 1. The second-order valence-corrected chi connectivity index (χ2v) is 7.64. The molecule has 114 valence electrons. The fraction of sp³-hybridized carbons (Fsp3) is 0.400. The molecule has 2 aliphatic rings. The Kier molecular flexibility index (Phi) is 3.46. The van der Waals surface area contributed by atoms with Gasteiger partial charge in [-0.3, -0.25) is 9.59 Å². The molecule has 2 amide bonds. The second kappa shape index (κ2) is 5.48. The second-order valence-electron chi connectivity index (χ2n) is 5.61. The van der Waals surface area contributed by atoms with Gasteiger partial charge in [-0.05, 0) is 24.3 Å². The van der Waals surface area contributed by atoms with E-state index in [0.29, 0.717) is 18.2 Å². The number of carbonyl (C=O) groups excluding carboxylic acids is 2. The highest BCUT2D eigenvalue weighted by Gasteiger charge is 2.31. The summed E-state index contributed by atoms with van der Waals surface area (Å²) < 4.78 is 0. The maximum atomic E-state index is 12.4. The van der Waals surface area contributed by atoms with E-state index in [-0.39, 0.29) is 17.7 Å². The maximum Gasteiger partial charge on any atom is 0.264 e. The number of thiazole rings is 1. The van der Waals surface area contributed by atoms with Crippen molar-refractivity contribution in [2.45, 2.75) is 25.8 Å². The number of nitrogens with one attached hydrogen (secondary N) is 1. The third-order valence-corrected chi connectivity index (χ3v) is 5.78. The predicted octanol–water partition coefficient (Wildman–Crippen LogP) is 2.75. The summed E-state index contributed by atoms with van der Waals surface area (Å²) >= 11 is 2.96. The number of nitrogens with zero attached hydrogens (tertiary/aromatic N) is 2. The highest BCUT2D eigenvalue weighted by molar-refractivity contribution is 7.16. The first-order chi connectivity index (χ1) is 10.7. The van der Waals surface area contributed by atoms with Crippen LogP contribution in [0.15, 0.2) is 17.5 Å². The lowest BCUT2D eigenvalue weighted by molar-refractivity contribution is -0.117. The number of hydrogen-bond acceptors (Lipinski definition) is 5. The summed E-state index contributed by atoms with van der Waals surface area (Å²) in [6.45, 7) is 1.27. The Morgan fingerprint density at radius 1 is 1.36 bits per heavy atom. The van der Waals surface area contributed by atoms with E-state index in [1.54, 1.807) is 0 Å². The van der Waals surface area contributed by atoms with Crippen LogP contribution in [0.4, 0.5) is 5.13 Å². The molecule has 0 unspecified atom stereocenters. The summed E-state index contributed by atoms with van der Waals surface area (Å²) in [6.07, 6.45) is 2.72. The number of aromatic nitrogens is 1. The molecular weight excluding hydrogens is 318 g/mol. The fourth-order valence-corrected chi connectivity index (χ4v) is 4.25. The summed E-state index contributed by atoms with van der Waals surface area (Å²) in [4.78, 5) is 32.4. The average molecular weight is 333 g/mol. The minimum Gasteiger partial charge on any atom is -0.332 e. The molecular formula is C15H15N3O2S2. The smallest absolute Gasteiger partial charge is 0.264 e. The van der Waals surface area contributed by atoms with Crippen LogP contribution in [0.1, 0.15) is 33.1 Å². The van der Waals surface area contributed by atoms with Gasteiger partial charge in [0.05, 0.1) is 17.1 Å². The van der Waals surface area contributed by atoms with Gasteiger partial charge >= 0.3 is 0 Å². The van der Waals surface area contributed by atoms with Crippen LogP contribution in [0.5, 0.6) is 0 Å². The van der Waals surface area contributed by atoms with E-state index in [0.717, 1.165) is 34.7 Å². The fourth-order valence-electron chi connectivity index (χ4n) is 2.53. The zero-order chi connectivity index (χ0) is 15.1. The molecule has 1 aliphatic heterocycles. The molecule has 0 radical (unpaired) electrons. The molecule has 7 heteroatoms. The first kappa shape index (κ1) is 13.9.